The molecule has 1 aromatic rings. The molecule has 0 saturated heterocycles. The number of carboxylic acids is 1. The first kappa shape index (κ1) is 10.3. The van der Waals surface area contributed by atoms with Gasteiger partial charge in [-0.25, -0.2) is 4.39 Å². The quantitative estimate of drug-likeness (QED) is 0.768. The van der Waals surface area contributed by atoms with Crippen molar-refractivity contribution >= 4 is 5.97 Å². The van der Waals surface area contributed by atoms with Crippen LogP contribution in [0.1, 0.15) is 5.56 Å². The third kappa shape index (κ3) is 2.12. The van der Waals surface area contributed by atoms with Gasteiger partial charge in [0, 0.05) is 11.6 Å². The van der Waals surface area contributed by atoms with Crippen molar-refractivity contribution in [2.75, 3.05) is 7.11 Å². The van der Waals surface area contributed by atoms with Gasteiger partial charge in [0.15, 0.2) is 11.6 Å². The molecule has 4 nitrogen and oxygen atoms in total. The predicted octanol–water partition coefficient (Wildman–Crippen LogP) is 1.17. The number of aliphatic carboxylic acids is 1. The normalized spacial score (nSPS) is 9.86. The Labute approximate surface area is 79.6 Å². The summed E-state index contributed by atoms with van der Waals surface area (Å²) in [5.41, 5.74) is 0.121. The van der Waals surface area contributed by atoms with Crippen molar-refractivity contribution < 1.29 is 24.1 Å². The molecule has 14 heavy (non-hydrogen) atoms. The molecule has 0 amide bonds. The molecule has 0 atom stereocenters. The highest BCUT2D eigenvalue weighted by Gasteiger charge is 2.11. The number of carboxylic acid groups (broad SMARTS) is 1. The van der Waals surface area contributed by atoms with Gasteiger partial charge in [-0.3, -0.25) is 4.79 Å². The topological polar surface area (TPSA) is 66.8 Å². The number of carbonyl (C=O) groups is 1. The van der Waals surface area contributed by atoms with Crippen LogP contribution in [0.4, 0.5) is 4.39 Å². The van der Waals surface area contributed by atoms with Crippen molar-refractivity contribution in [2.24, 2.45) is 0 Å². The largest absolute Gasteiger partial charge is 0.508 e. The van der Waals surface area contributed by atoms with Gasteiger partial charge in [-0.05, 0) is 6.07 Å². The van der Waals surface area contributed by atoms with Crippen LogP contribution in [0, 0.1) is 5.82 Å². The van der Waals surface area contributed by atoms with Gasteiger partial charge in [-0.2, -0.15) is 0 Å². The van der Waals surface area contributed by atoms with Crippen LogP contribution in [0.25, 0.3) is 0 Å². The van der Waals surface area contributed by atoms with Crippen LogP contribution < -0.4 is 4.74 Å². The number of benzene rings is 1. The zero-order valence-corrected chi connectivity index (χ0v) is 7.45. The molecule has 0 fully saturated rings. The van der Waals surface area contributed by atoms with Gasteiger partial charge in [0.1, 0.15) is 5.75 Å². The molecule has 0 aliphatic carbocycles. The summed E-state index contributed by atoms with van der Waals surface area (Å²) in [6.07, 6.45) is -0.373. The van der Waals surface area contributed by atoms with Crippen molar-refractivity contribution in [1.29, 1.82) is 0 Å². The first-order valence-corrected chi connectivity index (χ1v) is 3.81. The molecule has 0 aromatic heterocycles. The van der Waals surface area contributed by atoms with Crippen LogP contribution >= 0.6 is 0 Å². The Morgan fingerprint density at radius 3 is 2.71 bits per heavy atom. The third-order valence-corrected chi connectivity index (χ3v) is 1.69. The molecule has 0 heterocycles. The van der Waals surface area contributed by atoms with Crippen molar-refractivity contribution in [3.63, 3.8) is 0 Å². The minimum atomic E-state index is -1.10. The Balaban J connectivity index is 3.10. The van der Waals surface area contributed by atoms with Crippen LogP contribution in [-0.4, -0.2) is 23.3 Å². The zero-order valence-electron chi connectivity index (χ0n) is 7.45. The Hall–Kier alpha value is -1.78. The van der Waals surface area contributed by atoms with E-state index in [4.69, 9.17) is 5.11 Å². The molecule has 2 N–H and O–H groups in total. The fourth-order valence-electron chi connectivity index (χ4n) is 1.05. The number of hydrogen-bond donors (Lipinski definition) is 2. The molecular formula is C9H9FO4. The zero-order chi connectivity index (χ0) is 10.7. The second-order valence-electron chi connectivity index (χ2n) is 2.69. The fourth-order valence-corrected chi connectivity index (χ4v) is 1.05. The number of methoxy groups -OCH3 is 1. The van der Waals surface area contributed by atoms with Gasteiger partial charge in [-0.15, -0.1) is 0 Å². The monoisotopic (exact) mass is 200 g/mol. The number of phenolic OH excluding ortho intramolecular Hbond substituents is 1. The summed E-state index contributed by atoms with van der Waals surface area (Å²) in [6, 6.07) is 2.00. The number of hydrogen-bond acceptors (Lipinski definition) is 3. The Kier molecular flexibility index (Phi) is 2.91. The number of rotatable bonds is 3. The van der Waals surface area contributed by atoms with E-state index >= 15 is 0 Å². The SMILES string of the molecule is COc1cc(CC(=O)O)c(O)cc1F. The Bertz CT molecular complexity index is 362. The van der Waals surface area contributed by atoms with Crippen molar-refractivity contribution in [2.45, 2.75) is 6.42 Å². The molecule has 0 spiro atoms. The summed E-state index contributed by atoms with van der Waals surface area (Å²) < 4.78 is 17.6. The standard InChI is InChI=1S/C9H9FO4/c1-14-8-2-5(3-9(12)13)7(11)4-6(8)10/h2,4,11H,3H2,1H3,(H,12,13). The minimum Gasteiger partial charge on any atom is -0.508 e. The lowest BCUT2D eigenvalue weighted by atomic mass is 10.1. The molecule has 5 heteroatoms. The number of aromatic hydroxyl groups is 1. The van der Waals surface area contributed by atoms with E-state index in [9.17, 15) is 14.3 Å². The Morgan fingerprint density at radius 2 is 2.21 bits per heavy atom. The first-order valence-electron chi connectivity index (χ1n) is 3.81. The third-order valence-electron chi connectivity index (χ3n) is 1.69. The number of ether oxygens (including phenoxy) is 1. The molecule has 0 radical (unpaired) electrons. The lowest BCUT2D eigenvalue weighted by Crippen LogP contribution is -2.01. The maximum atomic E-state index is 12.9. The van der Waals surface area contributed by atoms with Crippen molar-refractivity contribution in [3.05, 3.63) is 23.5 Å². The van der Waals surface area contributed by atoms with Crippen LogP contribution in [0.15, 0.2) is 12.1 Å². The smallest absolute Gasteiger partial charge is 0.307 e. The van der Waals surface area contributed by atoms with E-state index < -0.39 is 11.8 Å². The number of halogens is 1. The Morgan fingerprint density at radius 1 is 1.57 bits per heavy atom. The minimum absolute atomic E-state index is 0.0842. The lowest BCUT2D eigenvalue weighted by molar-refractivity contribution is -0.136. The molecule has 0 bridgehead atoms. The maximum absolute atomic E-state index is 12.9. The van der Waals surface area contributed by atoms with Gasteiger partial charge in [0.2, 0.25) is 0 Å². The van der Waals surface area contributed by atoms with E-state index in [1.54, 1.807) is 0 Å². The van der Waals surface area contributed by atoms with E-state index in [0.717, 1.165) is 6.07 Å². The van der Waals surface area contributed by atoms with E-state index in [0.29, 0.717) is 0 Å². The van der Waals surface area contributed by atoms with Gasteiger partial charge in [0.25, 0.3) is 0 Å². The van der Waals surface area contributed by atoms with E-state index in [1.807, 2.05) is 0 Å². The first-order chi connectivity index (χ1) is 6.54. The van der Waals surface area contributed by atoms with Crippen molar-refractivity contribution in [1.82, 2.24) is 0 Å². The van der Waals surface area contributed by atoms with Gasteiger partial charge in [-0.1, -0.05) is 0 Å². The highest BCUT2D eigenvalue weighted by molar-refractivity contribution is 5.71. The molecule has 1 aromatic carbocycles. The second kappa shape index (κ2) is 3.95. The lowest BCUT2D eigenvalue weighted by Gasteiger charge is -2.06. The number of phenols is 1. The van der Waals surface area contributed by atoms with Crippen LogP contribution in [0.2, 0.25) is 0 Å². The molecule has 1 rings (SSSR count). The van der Waals surface area contributed by atoms with E-state index in [1.165, 1.54) is 13.2 Å². The highest BCUT2D eigenvalue weighted by atomic mass is 19.1. The fraction of sp³-hybridized carbons (Fsp3) is 0.222. The van der Waals surface area contributed by atoms with E-state index in [-0.39, 0.29) is 23.5 Å². The van der Waals surface area contributed by atoms with E-state index in [2.05, 4.69) is 4.74 Å². The summed E-state index contributed by atoms with van der Waals surface area (Å²) in [5, 5.41) is 17.7. The molecule has 76 valence electrons. The summed E-state index contributed by atoms with van der Waals surface area (Å²) in [5.74, 6) is -2.29. The maximum Gasteiger partial charge on any atom is 0.307 e. The van der Waals surface area contributed by atoms with Gasteiger partial charge in [0.05, 0.1) is 13.5 Å². The molecular weight excluding hydrogens is 191 g/mol. The van der Waals surface area contributed by atoms with Crippen LogP contribution in [0.3, 0.4) is 0 Å². The second-order valence-corrected chi connectivity index (χ2v) is 2.69. The van der Waals surface area contributed by atoms with Crippen LogP contribution in [0.5, 0.6) is 11.5 Å². The average molecular weight is 200 g/mol. The molecule has 0 aliphatic heterocycles. The molecule has 0 unspecified atom stereocenters. The predicted molar refractivity (Wildman–Crippen MR) is 46.0 cm³/mol. The van der Waals surface area contributed by atoms with Crippen LogP contribution in [-0.2, 0) is 11.2 Å². The van der Waals surface area contributed by atoms with Gasteiger partial charge >= 0.3 is 5.97 Å². The summed E-state index contributed by atoms with van der Waals surface area (Å²) in [7, 11) is 1.26. The summed E-state index contributed by atoms with van der Waals surface area (Å²) in [6.45, 7) is 0. The molecule has 0 aliphatic rings. The summed E-state index contributed by atoms with van der Waals surface area (Å²) >= 11 is 0. The highest BCUT2D eigenvalue weighted by Crippen LogP contribution is 2.26. The summed E-state index contributed by atoms with van der Waals surface area (Å²) in [4.78, 5) is 10.4. The average Bonchev–Trinajstić information content (AvgIpc) is 2.09. The molecule has 0 saturated carbocycles. The van der Waals surface area contributed by atoms with Gasteiger partial charge < -0.3 is 14.9 Å². The van der Waals surface area contributed by atoms with Crippen molar-refractivity contribution in [3.8, 4) is 11.5 Å².